The van der Waals surface area contributed by atoms with Crippen LogP contribution in [0.4, 0.5) is 5.69 Å². The molecule has 0 saturated heterocycles. The van der Waals surface area contributed by atoms with Crippen molar-refractivity contribution in [3.63, 3.8) is 0 Å². The summed E-state index contributed by atoms with van der Waals surface area (Å²) >= 11 is 0. The number of ether oxygens (including phenoxy) is 1. The van der Waals surface area contributed by atoms with Gasteiger partial charge in [0.2, 0.25) is 5.91 Å². The molecule has 2 amide bonds. The zero-order valence-electron chi connectivity index (χ0n) is 17.4. The van der Waals surface area contributed by atoms with E-state index in [1.165, 1.54) is 5.56 Å². The molecule has 3 aromatic carbocycles. The van der Waals surface area contributed by atoms with Crippen molar-refractivity contribution in [1.82, 2.24) is 0 Å². The Bertz CT molecular complexity index is 1020. The van der Waals surface area contributed by atoms with Crippen molar-refractivity contribution in [1.29, 1.82) is 0 Å². The molecule has 0 aliphatic rings. The number of benzene rings is 3. The third-order valence-corrected chi connectivity index (χ3v) is 4.77. The average Bonchev–Trinajstić information content (AvgIpc) is 2.72. The highest BCUT2D eigenvalue weighted by Crippen LogP contribution is 2.24. The van der Waals surface area contributed by atoms with Gasteiger partial charge < -0.3 is 15.8 Å². The summed E-state index contributed by atoms with van der Waals surface area (Å²) < 4.78 is 5.85. The molecular formula is C25H26N2O3. The van der Waals surface area contributed by atoms with Gasteiger partial charge in [0.05, 0.1) is 0 Å². The molecule has 0 atom stereocenters. The number of carbonyl (C=O) groups excluding carboxylic acids is 2. The zero-order chi connectivity index (χ0) is 21.7. The summed E-state index contributed by atoms with van der Waals surface area (Å²) in [4.78, 5) is 23.5. The minimum Gasteiger partial charge on any atom is -0.489 e. The lowest BCUT2D eigenvalue weighted by atomic mass is 9.87. The van der Waals surface area contributed by atoms with Crippen LogP contribution in [0.15, 0.2) is 72.8 Å². The number of hydrogen-bond donors (Lipinski definition) is 2. The van der Waals surface area contributed by atoms with Crippen LogP contribution in [0.1, 0.15) is 52.6 Å². The Morgan fingerprint density at radius 2 is 1.40 bits per heavy atom. The van der Waals surface area contributed by atoms with Gasteiger partial charge in [-0.1, -0.05) is 45.0 Å². The van der Waals surface area contributed by atoms with Crippen LogP contribution in [0.3, 0.4) is 0 Å². The van der Waals surface area contributed by atoms with E-state index in [1.54, 1.807) is 36.4 Å². The number of primary amides is 1. The molecular weight excluding hydrogens is 376 g/mol. The van der Waals surface area contributed by atoms with Gasteiger partial charge in [0.25, 0.3) is 5.91 Å². The number of hydrogen-bond acceptors (Lipinski definition) is 3. The molecule has 0 aromatic heterocycles. The first-order valence-electron chi connectivity index (χ1n) is 9.76. The second-order valence-electron chi connectivity index (χ2n) is 8.16. The molecule has 5 heteroatoms. The molecule has 0 radical (unpaired) electrons. The van der Waals surface area contributed by atoms with Crippen LogP contribution in [-0.4, -0.2) is 11.8 Å². The molecule has 0 heterocycles. The van der Waals surface area contributed by atoms with Crippen LogP contribution < -0.4 is 15.8 Å². The van der Waals surface area contributed by atoms with E-state index in [2.05, 4.69) is 38.2 Å². The van der Waals surface area contributed by atoms with Crippen molar-refractivity contribution in [3.8, 4) is 5.75 Å². The Morgan fingerprint density at radius 1 is 0.833 bits per heavy atom. The number of carbonyl (C=O) groups is 2. The third-order valence-electron chi connectivity index (χ3n) is 4.77. The van der Waals surface area contributed by atoms with Crippen molar-refractivity contribution in [2.75, 3.05) is 5.32 Å². The van der Waals surface area contributed by atoms with Gasteiger partial charge in [-0.2, -0.15) is 0 Å². The number of nitrogens with one attached hydrogen (secondary N) is 1. The first-order valence-corrected chi connectivity index (χ1v) is 9.76. The molecule has 3 aromatic rings. The lowest BCUT2D eigenvalue weighted by molar-refractivity contribution is 0.0998. The van der Waals surface area contributed by atoms with Gasteiger partial charge in [0, 0.05) is 16.8 Å². The van der Waals surface area contributed by atoms with Gasteiger partial charge in [-0.25, -0.2) is 0 Å². The fourth-order valence-corrected chi connectivity index (χ4v) is 2.89. The minimum atomic E-state index is -0.504. The second kappa shape index (κ2) is 8.82. The molecule has 0 fully saturated rings. The first kappa shape index (κ1) is 21.1. The van der Waals surface area contributed by atoms with Gasteiger partial charge in [-0.15, -0.1) is 0 Å². The average molecular weight is 402 g/mol. The fourth-order valence-electron chi connectivity index (χ4n) is 2.89. The van der Waals surface area contributed by atoms with Crippen LogP contribution >= 0.6 is 0 Å². The molecule has 0 aliphatic heterocycles. The molecule has 0 aliphatic carbocycles. The Hall–Kier alpha value is -3.60. The van der Waals surface area contributed by atoms with Gasteiger partial charge >= 0.3 is 0 Å². The molecule has 0 bridgehead atoms. The van der Waals surface area contributed by atoms with Crippen molar-refractivity contribution in [2.24, 2.45) is 5.73 Å². The second-order valence-corrected chi connectivity index (χ2v) is 8.16. The SMILES string of the molecule is CC(C)(C)c1ccc(OCc2ccc(C(=O)Nc3ccc(C(N)=O)cc3)cc2)cc1. The minimum absolute atomic E-state index is 0.110. The topological polar surface area (TPSA) is 81.4 Å². The summed E-state index contributed by atoms with van der Waals surface area (Å²) in [5.41, 5.74) is 9.08. The van der Waals surface area contributed by atoms with Gasteiger partial charge in [0.15, 0.2) is 0 Å². The Labute approximate surface area is 176 Å². The Kier molecular flexibility index (Phi) is 6.21. The van der Waals surface area contributed by atoms with Gasteiger partial charge in [-0.3, -0.25) is 9.59 Å². The van der Waals surface area contributed by atoms with E-state index in [0.29, 0.717) is 23.4 Å². The monoisotopic (exact) mass is 402 g/mol. The largest absolute Gasteiger partial charge is 0.489 e. The summed E-state index contributed by atoms with van der Waals surface area (Å²) in [5.74, 6) is 0.0760. The van der Waals surface area contributed by atoms with Crippen LogP contribution in [-0.2, 0) is 12.0 Å². The van der Waals surface area contributed by atoms with E-state index in [-0.39, 0.29) is 11.3 Å². The highest BCUT2D eigenvalue weighted by molar-refractivity contribution is 6.04. The van der Waals surface area contributed by atoms with E-state index in [4.69, 9.17) is 10.5 Å². The summed E-state index contributed by atoms with van der Waals surface area (Å²) in [6.45, 7) is 6.95. The summed E-state index contributed by atoms with van der Waals surface area (Å²) in [7, 11) is 0. The number of anilines is 1. The Balaban J connectivity index is 1.56. The van der Waals surface area contributed by atoms with E-state index in [9.17, 15) is 9.59 Å². The van der Waals surface area contributed by atoms with Crippen molar-refractivity contribution in [2.45, 2.75) is 32.8 Å². The lowest BCUT2D eigenvalue weighted by Gasteiger charge is -2.19. The molecule has 154 valence electrons. The highest BCUT2D eigenvalue weighted by atomic mass is 16.5. The van der Waals surface area contributed by atoms with Gasteiger partial charge in [0.1, 0.15) is 12.4 Å². The standard InChI is InChI=1S/C25H26N2O3/c1-25(2,3)20-10-14-22(15-11-20)30-16-17-4-6-19(7-5-17)24(29)27-21-12-8-18(9-13-21)23(26)28/h4-15H,16H2,1-3H3,(H2,26,28)(H,27,29). The van der Waals surface area contributed by atoms with Crippen molar-refractivity contribution >= 4 is 17.5 Å². The molecule has 30 heavy (non-hydrogen) atoms. The quantitative estimate of drug-likeness (QED) is 0.614. The number of rotatable bonds is 6. The fraction of sp³-hybridized carbons (Fsp3) is 0.200. The lowest BCUT2D eigenvalue weighted by Crippen LogP contribution is -2.13. The third kappa shape index (κ3) is 5.47. The summed E-state index contributed by atoms with van der Waals surface area (Å²) in [5, 5.41) is 2.80. The maximum absolute atomic E-state index is 12.4. The van der Waals surface area contributed by atoms with E-state index >= 15 is 0 Å². The van der Waals surface area contributed by atoms with Crippen molar-refractivity contribution < 1.29 is 14.3 Å². The predicted octanol–water partition coefficient (Wildman–Crippen LogP) is 4.91. The molecule has 0 unspecified atom stereocenters. The van der Waals surface area contributed by atoms with Crippen LogP contribution in [0.25, 0.3) is 0 Å². The summed E-state index contributed by atoms with van der Waals surface area (Å²) in [6, 6.07) is 21.8. The molecule has 0 spiro atoms. The molecule has 3 N–H and O–H groups in total. The van der Waals surface area contributed by atoms with E-state index in [0.717, 1.165) is 11.3 Å². The van der Waals surface area contributed by atoms with Crippen LogP contribution in [0.5, 0.6) is 5.75 Å². The zero-order valence-corrected chi connectivity index (χ0v) is 17.4. The van der Waals surface area contributed by atoms with Crippen LogP contribution in [0.2, 0.25) is 0 Å². The molecule has 3 rings (SSSR count). The van der Waals surface area contributed by atoms with E-state index < -0.39 is 5.91 Å². The summed E-state index contributed by atoms with van der Waals surface area (Å²) in [6.07, 6.45) is 0. The molecule has 5 nitrogen and oxygen atoms in total. The first-order chi connectivity index (χ1) is 14.2. The number of amides is 2. The van der Waals surface area contributed by atoms with Crippen LogP contribution in [0, 0.1) is 0 Å². The maximum atomic E-state index is 12.4. The smallest absolute Gasteiger partial charge is 0.255 e. The number of nitrogens with two attached hydrogens (primary N) is 1. The maximum Gasteiger partial charge on any atom is 0.255 e. The molecule has 0 saturated carbocycles. The normalized spacial score (nSPS) is 11.0. The predicted molar refractivity (Wildman–Crippen MR) is 119 cm³/mol. The highest BCUT2D eigenvalue weighted by Gasteiger charge is 2.13. The van der Waals surface area contributed by atoms with Crippen molar-refractivity contribution in [3.05, 3.63) is 95.1 Å². The van der Waals surface area contributed by atoms with E-state index in [1.807, 2.05) is 24.3 Å². The van der Waals surface area contributed by atoms with Gasteiger partial charge in [-0.05, 0) is 65.1 Å². The Morgan fingerprint density at radius 3 is 1.93 bits per heavy atom.